The van der Waals surface area contributed by atoms with Crippen molar-refractivity contribution in [2.75, 3.05) is 43.0 Å². The molecule has 7 heteroatoms. The zero-order valence-electron chi connectivity index (χ0n) is 12.6. The van der Waals surface area contributed by atoms with E-state index in [4.69, 9.17) is 0 Å². The molecule has 0 bridgehead atoms. The summed E-state index contributed by atoms with van der Waals surface area (Å²) in [7, 11) is -2.85. The Morgan fingerprint density at radius 2 is 2.00 bits per heavy atom. The molecule has 0 saturated carbocycles. The minimum Gasteiger partial charge on any atom is -0.384 e. The van der Waals surface area contributed by atoms with Gasteiger partial charge in [0.05, 0.1) is 17.1 Å². The first-order valence-electron chi connectivity index (χ1n) is 7.35. The minimum absolute atomic E-state index is 0.0894. The number of ketones is 1. The van der Waals surface area contributed by atoms with Crippen LogP contribution in [0.5, 0.6) is 0 Å². The molecule has 0 amide bonds. The summed E-state index contributed by atoms with van der Waals surface area (Å²) in [5.41, 5.74) is 0.597. The highest BCUT2D eigenvalue weighted by Gasteiger charge is 2.20. The van der Waals surface area contributed by atoms with Crippen molar-refractivity contribution in [1.82, 2.24) is 4.90 Å². The van der Waals surface area contributed by atoms with E-state index in [1.54, 1.807) is 12.1 Å². The molecule has 5 nitrogen and oxygen atoms in total. The van der Waals surface area contributed by atoms with Crippen LogP contribution < -0.4 is 5.32 Å². The first-order valence-corrected chi connectivity index (χ1v) is 9.17. The van der Waals surface area contributed by atoms with Crippen molar-refractivity contribution >= 4 is 21.3 Å². The van der Waals surface area contributed by atoms with Crippen LogP contribution in [0.3, 0.4) is 0 Å². The molecule has 1 aromatic rings. The Hall–Kier alpha value is -1.47. The van der Waals surface area contributed by atoms with Crippen LogP contribution in [0.25, 0.3) is 0 Å². The van der Waals surface area contributed by atoms with E-state index in [1.807, 2.05) is 0 Å². The smallest absolute Gasteiger partial charge is 0.164 e. The number of carbonyl (C=O) groups excluding carboxylic acids is 1. The van der Waals surface area contributed by atoms with Gasteiger partial charge in [0.1, 0.15) is 5.82 Å². The Morgan fingerprint density at radius 3 is 2.64 bits per heavy atom. The highest BCUT2D eigenvalue weighted by atomic mass is 32.2. The molecule has 0 spiro atoms. The summed E-state index contributed by atoms with van der Waals surface area (Å²) in [6, 6.07) is 4.53. The maximum absolute atomic E-state index is 13.6. The van der Waals surface area contributed by atoms with Gasteiger partial charge in [-0.2, -0.15) is 0 Å². The summed E-state index contributed by atoms with van der Waals surface area (Å²) >= 11 is 0. The highest BCUT2D eigenvalue weighted by Crippen LogP contribution is 2.19. The topological polar surface area (TPSA) is 66.5 Å². The van der Waals surface area contributed by atoms with Crippen LogP contribution in [0.15, 0.2) is 18.2 Å². The van der Waals surface area contributed by atoms with Crippen LogP contribution in [0.4, 0.5) is 10.1 Å². The Morgan fingerprint density at radius 1 is 1.32 bits per heavy atom. The van der Waals surface area contributed by atoms with Crippen molar-refractivity contribution < 1.29 is 17.6 Å². The average Bonchev–Trinajstić information content (AvgIpc) is 2.44. The molecule has 1 aromatic carbocycles. The highest BCUT2D eigenvalue weighted by molar-refractivity contribution is 7.91. The molecular weight excluding hydrogens is 307 g/mol. The van der Waals surface area contributed by atoms with Gasteiger partial charge in [-0.1, -0.05) is 6.07 Å². The zero-order valence-corrected chi connectivity index (χ0v) is 13.5. The maximum Gasteiger partial charge on any atom is 0.164 e. The lowest BCUT2D eigenvalue weighted by Crippen LogP contribution is -2.41. The summed E-state index contributed by atoms with van der Waals surface area (Å²) in [6.45, 7) is 3.87. The van der Waals surface area contributed by atoms with Gasteiger partial charge in [0.25, 0.3) is 0 Å². The van der Waals surface area contributed by atoms with E-state index >= 15 is 0 Å². The molecule has 0 unspecified atom stereocenters. The lowest BCUT2D eigenvalue weighted by molar-refractivity contribution is 0.101. The third kappa shape index (κ3) is 4.51. The van der Waals surface area contributed by atoms with E-state index in [0.29, 0.717) is 25.3 Å². The van der Waals surface area contributed by atoms with E-state index in [-0.39, 0.29) is 22.9 Å². The van der Waals surface area contributed by atoms with Crippen molar-refractivity contribution in [2.24, 2.45) is 0 Å². The zero-order chi connectivity index (χ0) is 16.2. The molecule has 1 aliphatic heterocycles. The van der Waals surface area contributed by atoms with Gasteiger partial charge in [-0.05, 0) is 32.0 Å². The summed E-state index contributed by atoms with van der Waals surface area (Å²) in [6.07, 6.45) is 0.800. The number of hydrogen-bond donors (Lipinski definition) is 1. The third-order valence-corrected chi connectivity index (χ3v) is 5.38. The molecular formula is C15H21FN2O3S. The molecule has 22 heavy (non-hydrogen) atoms. The number of benzene rings is 1. The number of rotatable bonds is 6. The van der Waals surface area contributed by atoms with Crippen LogP contribution in [0.2, 0.25) is 0 Å². The van der Waals surface area contributed by atoms with Gasteiger partial charge in [-0.3, -0.25) is 4.79 Å². The molecule has 0 aromatic heterocycles. The average molecular weight is 328 g/mol. The van der Waals surface area contributed by atoms with Gasteiger partial charge in [-0.15, -0.1) is 0 Å². The van der Waals surface area contributed by atoms with Crippen molar-refractivity contribution in [3.8, 4) is 0 Å². The second kappa shape index (κ2) is 7.19. The standard InChI is InChI=1S/C15H21FN2O3S/c1-12(19)15-13(16)4-2-5-14(15)17-6-3-7-18-8-10-22(20,21)11-9-18/h2,4-5,17H,3,6-11H2,1H3. The molecule has 1 heterocycles. The molecule has 0 radical (unpaired) electrons. The monoisotopic (exact) mass is 328 g/mol. The summed E-state index contributed by atoms with van der Waals surface area (Å²) in [5.74, 6) is -0.377. The Labute approximate surface area is 130 Å². The number of carbonyl (C=O) groups is 1. The second-order valence-corrected chi connectivity index (χ2v) is 7.80. The molecule has 2 rings (SSSR count). The summed E-state index contributed by atoms with van der Waals surface area (Å²) in [5, 5.41) is 3.09. The molecule has 1 fully saturated rings. The van der Waals surface area contributed by atoms with E-state index < -0.39 is 15.7 Å². The van der Waals surface area contributed by atoms with Gasteiger partial charge >= 0.3 is 0 Å². The Bertz CT molecular complexity index is 632. The van der Waals surface area contributed by atoms with Crippen LogP contribution in [-0.4, -0.2) is 56.8 Å². The second-order valence-electron chi connectivity index (χ2n) is 5.49. The Kier molecular flexibility index (Phi) is 5.52. The van der Waals surface area contributed by atoms with E-state index in [9.17, 15) is 17.6 Å². The quantitative estimate of drug-likeness (QED) is 0.634. The summed E-state index contributed by atoms with van der Waals surface area (Å²) < 4.78 is 36.3. The molecule has 0 aliphatic carbocycles. The third-order valence-electron chi connectivity index (χ3n) is 3.77. The lowest BCUT2D eigenvalue weighted by atomic mass is 10.1. The largest absolute Gasteiger partial charge is 0.384 e. The predicted octanol–water partition coefficient (Wildman–Crippen LogP) is 1.56. The fourth-order valence-corrected chi connectivity index (χ4v) is 3.81. The van der Waals surface area contributed by atoms with E-state index in [0.717, 1.165) is 13.0 Å². The fourth-order valence-electron chi connectivity index (χ4n) is 2.53. The van der Waals surface area contributed by atoms with Crippen molar-refractivity contribution in [1.29, 1.82) is 0 Å². The number of sulfone groups is 1. The van der Waals surface area contributed by atoms with Crippen LogP contribution >= 0.6 is 0 Å². The molecule has 0 atom stereocenters. The fraction of sp³-hybridized carbons (Fsp3) is 0.533. The maximum atomic E-state index is 13.6. The number of nitrogens with zero attached hydrogens (tertiary/aromatic N) is 1. The molecule has 1 N–H and O–H groups in total. The number of anilines is 1. The lowest BCUT2D eigenvalue weighted by Gasteiger charge is -2.26. The molecule has 122 valence electrons. The Balaban J connectivity index is 1.80. The predicted molar refractivity (Wildman–Crippen MR) is 84.6 cm³/mol. The van der Waals surface area contributed by atoms with Crippen LogP contribution in [0.1, 0.15) is 23.7 Å². The molecule has 1 aliphatic rings. The van der Waals surface area contributed by atoms with Gasteiger partial charge in [0.2, 0.25) is 0 Å². The van der Waals surface area contributed by atoms with Gasteiger partial charge in [0.15, 0.2) is 15.6 Å². The van der Waals surface area contributed by atoms with Gasteiger partial charge in [-0.25, -0.2) is 12.8 Å². The van der Waals surface area contributed by atoms with Crippen molar-refractivity contribution in [2.45, 2.75) is 13.3 Å². The van der Waals surface area contributed by atoms with Crippen molar-refractivity contribution in [3.05, 3.63) is 29.6 Å². The first kappa shape index (κ1) is 16.9. The SMILES string of the molecule is CC(=O)c1c(F)cccc1NCCCN1CCS(=O)(=O)CC1. The number of Topliss-reactive ketones (excluding diaryl/α,β-unsaturated/α-hetero) is 1. The van der Waals surface area contributed by atoms with Crippen molar-refractivity contribution in [3.63, 3.8) is 0 Å². The van der Waals surface area contributed by atoms with Crippen LogP contribution in [-0.2, 0) is 9.84 Å². The van der Waals surface area contributed by atoms with Gasteiger partial charge < -0.3 is 10.2 Å². The number of halogens is 1. The molecule has 1 saturated heterocycles. The number of nitrogens with one attached hydrogen (secondary N) is 1. The van der Waals surface area contributed by atoms with E-state index in [1.165, 1.54) is 13.0 Å². The normalized spacial score (nSPS) is 18.1. The van der Waals surface area contributed by atoms with Crippen LogP contribution in [0, 0.1) is 5.82 Å². The van der Waals surface area contributed by atoms with Gasteiger partial charge in [0, 0.05) is 25.3 Å². The minimum atomic E-state index is -2.85. The first-order chi connectivity index (χ1) is 10.4. The number of hydrogen-bond acceptors (Lipinski definition) is 5. The van der Waals surface area contributed by atoms with E-state index in [2.05, 4.69) is 10.2 Å². The summed E-state index contributed by atoms with van der Waals surface area (Å²) in [4.78, 5) is 13.6.